The molecule has 2 saturated carbocycles. The summed E-state index contributed by atoms with van der Waals surface area (Å²) in [5.74, 6) is 2.28. The highest BCUT2D eigenvalue weighted by Crippen LogP contribution is 2.45. The van der Waals surface area contributed by atoms with Crippen molar-refractivity contribution in [2.45, 2.75) is 37.6 Å². The first kappa shape index (κ1) is 15.8. The Morgan fingerprint density at radius 3 is 2.36 bits per heavy atom. The average Bonchev–Trinajstić information content (AvgIpc) is 3.28. The standard InChI is InChI=1S/C23H30N2/c1-2-7-18(8-3-1)21-13-22(21)24-16-23(11-6-12-23)17-25-14-19-9-4-5-10-20(19)15-25/h1-5,7-10,19-22,24H,6,11-17H2. The predicted molar refractivity (Wildman–Crippen MR) is 104 cm³/mol. The van der Waals surface area contributed by atoms with Crippen LogP contribution in [0.2, 0.25) is 0 Å². The Labute approximate surface area is 152 Å². The molecule has 0 amide bonds. The van der Waals surface area contributed by atoms with E-state index in [0.717, 1.165) is 17.8 Å². The van der Waals surface area contributed by atoms with Crippen LogP contribution in [0.4, 0.5) is 0 Å². The zero-order valence-electron chi connectivity index (χ0n) is 15.1. The number of allylic oxidation sites excluding steroid dienone is 2. The van der Waals surface area contributed by atoms with E-state index in [1.165, 1.54) is 57.4 Å². The number of hydrogen-bond donors (Lipinski definition) is 1. The minimum atomic E-state index is 0.546. The van der Waals surface area contributed by atoms with E-state index in [-0.39, 0.29) is 0 Å². The molecule has 25 heavy (non-hydrogen) atoms. The van der Waals surface area contributed by atoms with Gasteiger partial charge < -0.3 is 10.2 Å². The minimum absolute atomic E-state index is 0.546. The van der Waals surface area contributed by atoms with Gasteiger partial charge in [-0.3, -0.25) is 0 Å². The number of hydrogen-bond acceptors (Lipinski definition) is 2. The van der Waals surface area contributed by atoms with Crippen molar-refractivity contribution < 1.29 is 0 Å². The van der Waals surface area contributed by atoms with Crippen LogP contribution >= 0.6 is 0 Å². The van der Waals surface area contributed by atoms with Gasteiger partial charge in [-0.2, -0.15) is 0 Å². The molecule has 1 aromatic rings. The van der Waals surface area contributed by atoms with Crippen LogP contribution in [0.15, 0.2) is 54.6 Å². The summed E-state index contributed by atoms with van der Waals surface area (Å²) in [5.41, 5.74) is 2.06. The Morgan fingerprint density at radius 2 is 1.72 bits per heavy atom. The molecule has 1 aromatic carbocycles. The van der Waals surface area contributed by atoms with Gasteiger partial charge in [-0.15, -0.1) is 0 Å². The molecule has 1 saturated heterocycles. The second-order valence-electron chi connectivity index (χ2n) is 8.89. The molecule has 1 N–H and O–H groups in total. The highest BCUT2D eigenvalue weighted by atomic mass is 15.2. The molecule has 5 rings (SSSR count). The summed E-state index contributed by atoms with van der Waals surface area (Å²) in [6, 6.07) is 11.8. The summed E-state index contributed by atoms with van der Waals surface area (Å²) in [4.78, 5) is 2.75. The average molecular weight is 335 g/mol. The van der Waals surface area contributed by atoms with Crippen molar-refractivity contribution in [3.8, 4) is 0 Å². The molecule has 4 unspecified atom stereocenters. The number of benzene rings is 1. The smallest absolute Gasteiger partial charge is 0.0143 e. The number of fused-ring (bicyclic) bond motifs is 1. The topological polar surface area (TPSA) is 15.3 Å². The fourth-order valence-corrected chi connectivity index (χ4v) is 5.27. The molecule has 3 aliphatic carbocycles. The zero-order chi connectivity index (χ0) is 16.7. The lowest BCUT2D eigenvalue weighted by Gasteiger charge is -2.45. The summed E-state index contributed by atoms with van der Waals surface area (Å²) >= 11 is 0. The van der Waals surface area contributed by atoms with Crippen LogP contribution in [0, 0.1) is 17.3 Å². The molecule has 4 aliphatic rings. The van der Waals surface area contributed by atoms with Gasteiger partial charge in [-0.25, -0.2) is 0 Å². The van der Waals surface area contributed by atoms with Crippen LogP contribution in [-0.2, 0) is 0 Å². The molecule has 0 aromatic heterocycles. The molecule has 0 radical (unpaired) electrons. The van der Waals surface area contributed by atoms with Gasteiger partial charge in [0.25, 0.3) is 0 Å². The largest absolute Gasteiger partial charge is 0.313 e. The summed E-state index contributed by atoms with van der Waals surface area (Å²) in [6.07, 6.45) is 14.9. The summed E-state index contributed by atoms with van der Waals surface area (Å²) < 4.78 is 0. The Kier molecular flexibility index (Phi) is 4.06. The summed E-state index contributed by atoms with van der Waals surface area (Å²) in [6.45, 7) is 5.06. The molecule has 2 heteroatoms. The van der Waals surface area contributed by atoms with Gasteiger partial charge in [0.05, 0.1) is 0 Å². The van der Waals surface area contributed by atoms with Crippen molar-refractivity contribution in [1.82, 2.24) is 10.2 Å². The Bertz CT molecular complexity index is 638. The van der Waals surface area contributed by atoms with E-state index in [0.29, 0.717) is 11.5 Å². The van der Waals surface area contributed by atoms with Gasteiger partial charge in [-0.1, -0.05) is 61.1 Å². The van der Waals surface area contributed by atoms with E-state index >= 15 is 0 Å². The maximum absolute atomic E-state index is 3.93. The number of rotatable bonds is 6. The highest BCUT2D eigenvalue weighted by Gasteiger charge is 2.44. The first-order chi connectivity index (χ1) is 12.3. The lowest BCUT2D eigenvalue weighted by molar-refractivity contribution is 0.0745. The van der Waals surface area contributed by atoms with Crippen molar-refractivity contribution in [2.75, 3.05) is 26.2 Å². The van der Waals surface area contributed by atoms with Gasteiger partial charge in [0, 0.05) is 38.1 Å². The molecule has 3 fully saturated rings. The fourth-order valence-electron chi connectivity index (χ4n) is 5.27. The van der Waals surface area contributed by atoms with Crippen molar-refractivity contribution in [3.63, 3.8) is 0 Å². The molecule has 4 atom stereocenters. The first-order valence-electron chi connectivity index (χ1n) is 10.2. The monoisotopic (exact) mass is 334 g/mol. The van der Waals surface area contributed by atoms with Crippen LogP contribution in [0.3, 0.4) is 0 Å². The second-order valence-corrected chi connectivity index (χ2v) is 8.89. The van der Waals surface area contributed by atoms with E-state index in [1.54, 1.807) is 0 Å². The lowest BCUT2D eigenvalue weighted by Crippen LogP contribution is -2.48. The van der Waals surface area contributed by atoms with Crippen molar-refractivity contribution in [1.29, 1.82) is 0 Å². The molecular weight excluding hydrogens is 304 g/mol. The van der Waals surface area contributed by atoms with Gasteiger partial charge in [0.15, 0.2) is 0 Å². The van der Waals surface area contributed by atoms with E-state index < -0.39 is 0 Å². The molecular formula is C23H30N2. The van der Waals surface area contributed by atoms with Gasteiger partial charge in [0.2, 0.25) is 0 Å². The summed E-state index contributed by atoms with van der Waals surface area (Å²) in [5, 5.41) is 3.93. The quantitative estimate of drug-likeness (QED) is 0.846. The van der Waals surface area contributed by atoms with Crippen molar-refractivity contribution in [2.24, 2.45) is 17.3 Å². The first-order valence-corrected chi connectivity index (χ1v) is 10.2. The Morgan fingerprint density at radius 1 is 1.00 bits per heavy atom. The third-order valence-corrected chi connectivity index (χ3v) is 7.05. The SMILES string of the molecule is C1=CC2CN(CC3(CNC4CC4c4ccccc4)CCC3)CC2C=C1. The number of nitrogens with zero attached hydrogens (tertiary/aromatic N) is 1. The van der Waals surface area contributed by atoms with E-state index in [9.17, 15) is 0 Å². The molecule has 1 heterocycles. The third-order valence-electron chi connectivity index (χ3n) is 7.05. The van der Waals surface area contributed by atoms with Crippen molar-refractivity contribution >= 4 is 0 Å². The van der Waals surface area contributed by atoms with Crippen LogP contribution in [-0.4, -0.2) is 37.1 Å². The molecule has 0 bridgehead atoms. The third kappa shape index (κ3) is 3.22. The van der Waals surface area contributed by atoms with Crippen LogP contribution in [0.5, 0.6) is 0 Å². The molecule has 132 valence electrons. The summed E-state index contributed by atoms with van der Waals surface area (Å²) in [7, 11) is 0. The van der Waals surface area contributed by atoms with Gasteiger partial charge in [-0.05, 0) is 42.1 Å². The number of nitrogens with one attached hydrogen (secondary N) is 1. The Balaban J connectivity index is 1.15. The lowest BCUT2D eigenvalue weighted by atomic mass is 9.68. The van der Waals surface area contributed by atoms with Gasteiger partial charge in [0.1, 0.15) is 0 Å². The maximum Gasteiger partial charge on any atom is 0.0143 e. The van der Waals surface area contributed by atoms with E-state index in [4.69, 9.17) is 0 Å². The molecule has 1 aliphatic heterocycles. The fraction of sp³-hybridized carbons (Fsp3) is 0.565. The zero-order valence-corrected chi connectivity index (χ0v) is 15.1. The van der Waals surface area contributed by atoms with Gasteiger partial charge >= 0.3 is 0 Å². The Hall–Kier alpha value is -1.38. The molecule has 0 spiro atoms. The van der Waals surface area contributed by atoms with Crippen LogP contribution in [0.1, 0.15) is 37.2 Å². The normalized spacial score (nSPS) is 35.4. The van der Waals surface area contributed by atoms with Crippen LogP contribution in [0.25, 0.3) is 0 Å². The van der Waals surface area contributed by atoms with E-state index in [1.807, 2.05) is 0 Å². The van der Waals surface area contributed by atoms with Crippen molar-refractivity contribution in [3.05, 3.63) is 60.2 Å². The second kappa shape index (κ2) is 6.41. The number of likely N-dealkylation sites (tertiary alicyclic amines) is 1. The minimum Gasteiger partial charge on any atom is -0.313 e. The maximum atomic E-state index is 3.93. The molecule has 2 nitrogen and oxygen atoms in total. The highest BCUT2D eigenvalue weighted by molar-refractivity contribution is 5.27. The van der Waals surface area contributed by atoms with E-state index in [2.05, 4.69) is 64.9 Å². The van der Waals surface area contributed by atoms with Crippen LogP contribution < -0.4 is 5.32 Å². The predicted octanol–water partition coefficient (Wildman–Crippen LogP) is 3.98.